The van der Waals surface area contributed by atoms with Crippen molar-refractivity contribution >= 4 is 11.6 Å². The molecule has 4 nitrogen and oxygen atoms in total. The minimum atomic E-state index is -0.431. The molecular weight excluding hydrogens is 264 g/mol. The Morgan fingerprint density at radius 2 is 2.00 bits per heavy atom. The molecule has 1 amide bonds. The van der Waals surface area contributed by atoms with Crippen LogP contribution in [-0.4, -0.2) is 33.9 Å². The average Bonchev–Trinajstić information content (AvgIpc) is 2.94. The van der Waals surface area contributed by atoms with E-state index >= 15 is 0 Å². The zero-order chi connectivity index (χ0) is 14.8. The third-order valence-electron chi connectivity index (χ3n) is 4.51. The molecule has 1 N–H and O–H groups in total. The highest BCUT2D eigenvalue weighted by Crippen LogP contribution is 2.28. The summed E-state index contributed by atoms with van der Waals surface area (Å²) in [5.41, 5.74) is 3.34. The van der Waals surface area contributed by atoms with E-state index in [-0.39, 0.29) is 11.9 Å². The number of hydrogen-bond acceptors (Lipinski definition) is 3. The van der Waals surface area contributed by atoms with E-state index in [1.54, 1.807) is 5.01 Å². The second-order valence-electron chi connectivity index (χ2n) is 5.90. The fourth-order valence-electron chi connectivity index (χ4n) is 3.18. The first-order valence-electron chi connectivity index (χ1n) is 7.86. The van der Waals surface area contributed by atoms with E-state index < -0.39 is 6.10 Å². The van der Waals surface area contributed by atoms with Crippen molar-refractivity contribution in [3.8, 4) is 0 Å². The maximum absolute atomic E-state index is 12.1. The van der Waals surface area contributed by atoms with E-state index in [4.69, 9.17) is 0 Å². The molecule has 2 aliphatic rings. The largest absolute Gasteiger partial charge is 0.391 e. The van der Waals surface area contributed by atoms with Gasteiger partial charge < -0.3 is 5.11 Å². The normalized spacial score (nSPS) is 26.1. The summed E-state index contributed by atoms with van der Waals surface area (Å²) in [4.78, 5) is 12.1. The van der Waals surface area contributed by atoms with Gasteiger partial charge in [-0.15, -0.1) is 0 Å². The van der Waals surface area contributed by atoms with E-state index in [0.29, 0.717) is 12.8 Å². The molecule has 4 heteroatoms. The summed E-state index contributed by atoms with van der Waals surface area (Å²) in [5, 5.41) is 16.1. The zero-order valence-corrected chi connectivity index (χ0v) is 12.5. The van der Waals surface area contributed by atoms with Crippen molar-refractivity contribution in [2.45, 2.75) is 57.6 Å². The second kappa shape index (κ2) is 5.98. The van der Waals surface area contributed by atoms with Crippen LogP contribution < -0.4 is 0 Å². The number of amides is 1. The molecule has 1 aliphatic heterocycles. The predicted octanol–water partition coefficient (Wildman–Crippen LogP) is 2.49. The van der Waals surface area contributed by atoms with Gasteiger partial charge in [-0.25, -0.2) is 5.01 Å². The van der Waals surface area contributed by atoms with Crippen LogP contribution in [0.1, 0.15) is 50.2 Å². The van der Waals surface area contributed by atoms with E-state index in [1.807, 2.05) is 0 Å². The fourth-order valence-corrected chi connectivity index (χ4v) is 3.18. The number of benzene rings is 1. The van der Waals surface area contributed by atoms with Crippen LogP contribution in [0.2, 0.25) is 0 Å². The molecule has 1 saturated carbocycles. The maximum Gasteiger partial charge on any atom is 0.243 e. The summed E-state index contributed by atoms with van der Waals surface area (Å²) in [5.74, 6) is 0.0369. The van der Waals surface area contributed by atoms with Gasteiger partial charge in [0.2, 0.25) is 5.91 Å². The number of hydrogen-bond donors (Lipinski definition) is 1. The third kappa shape index (κ3) is 2.86. The molecule has 0 saturated heterocycles. The van der Waals surface area contributed by atoms with Gasteiger partial charge in [-0.3, -0.25) is 4.79 Å². The standard InChI is InChI=1S/C17H22N2O2/c1-2-12-6-8-13(9-7-12)14-10-11-17(21)19(18-14)15-4-3-5-16(15)20/h6-9,15-16,20H,2-5,10-11H2,1H3/t15-,16-/m1/s1. The smallest absolute Gasteiger partial charge is 0.243 e. The fraction of sp³-hybridized carbons (Fsp3) is 0.529. The van der Waals surface area contributed by atoms with Crippen molar-refractivity contribution in [2.75, 3.05) is 0 Å². The summed E-state index contributed by atoms with van der Waals surface area (Å²) >= 11 is 0. The molecule has 0 radical (unpaired) electrons. The Morgan fingerprint density at radius 1 is 1.24 bits per heavy atom. The van der Waals surface area contributed by atoms with E-state index in [1.165, 1.54) is 5.56 Å². The highest BCUT2D eigenvalue weighted by Gasteiger charge is 2.35. The van der Waals surface area contributed by atoms with Crippen molar-refractivity contribution in [1.29, 1.82) is 0 Å². The van der Waals surface area contributed by atoms with E-state index in [2.05, 4.69) is 36.3 Å². The molecule has 2 atom stereocenters. The molecule has 1 aromatic carbocycles. The maximum atomic E-state index is 12.1. The van der Waals surface area contributed by atoms with Crippen LogP contribution in [0.5, 0.6) is 0 Å². The van der Waals surface area contributed by atoms with Gasteiger partial charge in [-0.05, 0) is 36.8 Å². The molecule has 112 valence electrons. The number of carbonyl (C=O) groups excluding carboxylic acids is 1. The lowest BCUT2D eigenvalue weighted by atomic mass is 10.0. The third-order valence-corrected chi connectivity index (χ3v) is 4.51. The summed E-state index contributed by atoms with van der Waals surface area (Å²) < 4.78 is 0. The molecule has 0 bridgehead atoms. The number of aryl methyl sites for hydroxylation is 1. The molecule has 1 aromatic rings. The SMILES string of the molecule is CCc1ccc(C2=NN([C@@H]3CCC[C@H]3O)C(=O)CC2)cc1. The lowest BCUT2D eigenvalue weighted by molar-refractivity contribution is -0.136. The van der Waals surface area contributed by atoms with Gasteiger partial charge in [0.15, 0.2) is 0 Å². The van der Waals surface area contributed by atoms with Crippen LogP contribution in [0, 0.1) is 0 Å². The first kappa shape index (κ1) is 14.3. The Bertz CT molecular complexity index is 550. The number of rotatable bonds is 3. The zero-order valence-electron chi connectivity index (χ0n) is 12.5. The molecule has 1 heterocycles. The molecule has 1 aliphatic carbocycles. The van der Waals surface area contributed by atoms with Crippen molar-refractivity contribution < 1.29 is 9.90 Å². The van der Waals surface area contributed by atoms with Crippen molar-refractivity contribution in [2.24, 2.45) is 5.10 Å². The molecule has 0 aromatic heterocycles. The molecule has 1 fully saturated rings. The van der Waals surface area contributed by atoms with Crippen molar-refractivity contribution in [3.63, 3.8) is 0 Å². The van der Waals surface area contributed by atoms with Crippen LogP contribution >= 0.6 is 0 Å². The van der Waals surface area contributed by atoms with Gasteiger partial charge in [0.25, 0.3) is 0 Å². The quantitative estimate of drug-likeness (QED) is 0.928. The van der Waals surface area contributed by atoms with Crippen molar-refractivity contribution in [1.82, 2.24) is 5.01 Å². The number of hydrazone groups is 1. The predicted molar refractivity (Wildman–Crippen MR) is 82.1 cm³/mol. The van der Waals surface area contributed by atoms with Crippen LogP contribution in [0.3, 0.4) is 0 Å². The van der Waals surface area contributed by atoms with Crippen LogP contribution in [0.4, 0.5) is 0 Å². The first-order valence-corrected chi connectivity index (χ1v) is 7.86. The van der Waals surface area contributed by atoms with Crippen LogP contribution in [0.15, 0.2) is 29.4 Å². The van der Waals surface area contributed by atoms with Gasteiger partial charge in [0.05, 0.1) is 17.9 Å². The van der Waals surface area contributed by atoms with Gasteiger partial charge >= 0.3 is 0 Å². The Labute approximate surface area is 125 Å². The van der Waals surface area contributed by atoms with Crippen LogP contribution in [-0.2, 0) is 11.2 Å². The van der Waals surface area contributed by atoms with Crippen LogP contribution in [0.25, 0.3) is 0 Å². The summed E-state index contributed by atoms with van der Waals surface area (Å²) in [6, 6.07) is 8.25. The lowest BCUT2D eigenvalue weighted by Crippen LogP contribution is -2.43. The number of nitrogens with zero attached hydrogens (tertiary/aromatic N) is 2. The summed E-state index contributed by atoms with van der Waals surface area (Å²) in [6.07, 6.45) is 4.33. The molecule has 0 spiro atoms. The summed E-state index contributed by atoms with van der Waals surface area (Å²) in [6.45, 7) is 2.13. The Hall–Kier alpha value is -1.68. The Balaban J connectivity index is 1.85. The van der Waals surface area contributed by atoms with E-state index in [9.17, 15) is 9.90 Å². The van der Waals surface area contributed by atoms with Gasteiger partial charge in [0.1, 0.15) is 0 Å². The molecule has 21 heavy (non-hydrogen) atoms. The number of aliphatic hydroxyl groups is 1. The monoisotopic (exact) mass is 286 g/mol. The van der Waals surface area contributed by atoms with Gasteiger partial charge in [0, 0.05) is 12.8 Å². The molecule has 0 unspecified atom stereocenters. The first-order chi connectivity index (χ1) is 10.2. The van der Waals surface area contributed by atoms with E-state index in [0.717, 1.165) is 37.0 Å². The highest BCUT2D eigenvalue weighted by atomic mass is 16.3. The minimum Gasteiger partial charge on any atom is -0.391 e. The molecular formula is C17H22N2O2. The Kier molecular flexibility index (Phi) is 4.06. The number of carbonyl (C=O) groups is 1. The topological polar surface area (TPSA) is 52.9 Å². The Morgan fingerprint density at radius 3 is 2.62 bits per heavy atom. The van der Waals surface area contributed by atoms with Gasteiger partial charge in [-0.1, -0.05) is 31.2 Å². The average molecular weight is 286 g/mol. The highest BCUT2D eigenvalue weighted by molar-refractivity contribution is 6.04. The lowest BCUT2D eigenvalue weighted by Gasteiger charge is -2.30. The molecule has 3 rings (SSSR count). The van der Waals surface area contributed by atoms with Crippen molar-refractivity contribution in [3.05, 3.63) is 35.4 Å². The summed E-state index contributed by atoms with van der Waals surface area (Å²) in [7, 11) is 0. The minimum absolute atomic E-state index is 0.0369. The second-order valence-corrected chi connectivity index (χ2v) is 5.90. The number of aliphatic hydroxyl groups excluding tert-OH is 1. The van der Waals surface area contributed by atoms with Gasteiger partial charge in [-0.2, -0.15) is 5.10 Å².